The summed E-state index contributed by atoms with van der Waals surface area (Å²) in [7, 11) is 0. The molecule has 0 unspecified atom stereocenters. The summed E-state index contributed by atoms with van der Waals surface area (Å²) in [5.74, 6) is -0.0934. The van der Waals surface area contributed by atoms with E-state index < -0.39 is 11.6 Å². The van der Waals surface area contributed by atoms with Gasteiger partial charge in [0.2, 0.25) is 5.78 Å². The van der Waals surface area contributed by atoms with Crippen molar-refractivity contribution in [3.8, 4) is 23.0 Å². The van der Waals surface area contributed by atoms with E-state index in [4.69, 9.17) is 9.47 Å². The van der Waals surface area contributed by atoms with Crippen molar-refractivity contribution in [2.45, 2.75) is 39.7 Å². The van der Waals surface area contributed by atoms with Crippen LogP contribution in [0.1, 0.15) is 44.8 Å². The van der Waals surface area contributed by atoms with Crippen LogP contribution in [0.3, 0.4) is 0 Å². The zero-order valence-corrected chi connectivity index (χ0v) is 23.0. The number of hydrogen-bond acceptors (Lipinski definition) is 6. The van der Waals surface area contributed by atoms with Gasteiger partial charge < -0.3 is 14.6 Å². The molecular formula is C31H31F2NO4S. The summed E-state index contributed by atoms with van der Waals surface area (Å²) in [5, 5.41) is 10.4. The zero-order valence-electron chi connectivity index (χ0n) is 22.2. The molecule has 1 fully saturated rings. The Labute approximate surface area is 230 Å². The number of benzene rings is 3. The van der Waals surface area contributed by atoms with Crippen LogP contribution in [0, 0.1) is 26.6 Å². The van der Waals surface area contributed by atoms with Crippen molar-refractivity contribution in [1.29, 1.82) is 0 Å². The summed E-state index contributed by atoms with van der Waals surface area (Å²) in [5.41, 5.74) is 3.28. The van der Waals surface area contributed by atoms with Gasteiger partial charge in [0, 0.05) is 30.6 Å². The van der Waals surface area contributed by atoms with Gasteiger partial charge in [0.1, 0.15) is 22.5 Å². The molecule has 5 nitrogen and oxygen atoms in total. The number of ether oxygens (including phenoxy) is 2. The molecule has 0 bridgehead atoms. The molecule has 5 rings (SSSR count). The van der Waals surface area contributed by atoms with Crippen molar-refractivity contribution >= 4 is 27.2 Å². The first kappa shape index (κ1) is 27.1. The number of aromatic hydroxyl groups is 1. The number of rotatable bonds is 9. The number of phenols is 1. The summed E-state index contributed by atoms with van der Waals surface area (Å²) in [4.78, 5) is 16.3. The van der Waals surface area contributed by atoms with Crippen molar-refractivity contribution < 1.29 is 28.2 Å². The Morgan fingerprint density at radius 1 is 1.08 bits per heavy atom. The van der Waals surface area contributed by atoms with Gasteiger partial charge >= 0.3 is 0 Å². The van der Waals surface area contributed by atoms with Crippen LogP contribution >= 0.6 is 11.3 Å². The molecule has 0 saturated carbocycles. The molecule has 0 spiro atoms. The number of fused-ring (bicyclic) bond motifs is 1. The Morgan fingerprint density at radius 2 is 1.77 bits per heavy atom. The molecule has 1 aliphatic rings. The number of likely N-dealkylation sites (tertiary alicyclic amines) is 1. The Morgan fingerprint density at radius 3 is 2.46 bits per heavy atom. The lowest BCUT2D eigenvalue weighted by Crippen LogP contribution is -2.26. The Kier molecular flexibility index (Phi) is 7.86. The molecule has 1 aliphatic heterocycles. The highest BCUT2D eigenvalue weighted by Crippen LogP contribution is 2.45. The first-order chi connectivity index (χ1) is 18.7. The second-order valence-electron chi connectivity index (χ2n) is 10.1. The zero-order chi connectivity index (χ0) is 27.7. The third-order valence-corrected chi connectivity index (χ3v) is 8.20. The van der Waals surface area contributed by atoms with E-state index in [-0.39, 0.29) is 33.9 Å². The number of carbonyl (C=O) groups excluding carboxylic acids is 1. The van der Waals surface area contributed by atoms with Crippen LogP contribution in [-0.4, -0.2) is 48.2 Å². The quantitative estimate of drug-likeness (QED) is 0.218. The molecule has 4 aromatic rings. The minimum absolute atomic E-state index is 0.0399. The van der Waals surface area contributed by atoms with Gasteiger partial charge in [-0.15, -0.1) is 11.3 Å². The van der Waals surface area contributed by atoms with Gasteiger partial charge in [-0.05, 0) is 81.1 Å². The van der Waals surface area contributed by atoms with E-state index in [9.17, 15) is 18.7 Å². The third kappa shape index (κ3) is 5.63. The summed E-state index contributed by atoms with van der Waals surface area (Å²) in [6, 6.07) is 13.8. The van der Waals surface area contributed by atoms with Crippen LogP contribution in [0.25, 0.3) is 10.1 Å². The fraction of sp³-hybridized carbons (Fsp3) is 0.323. The van der Waals surface area contributed by atoms with E-state index in [1.165, 1.54) is 6.07 Å². The van der Waals surface area contributed by atoms with Gasteiger partial charge in [-0.3, -0.25) is 14.1 Å². The highest BCUT2D eigenvalue weighted by molar-refractivity contribution is 7.21. The Hall–Kier alpha value is -3.49. The van der Waals surface area contributed by atoms with E-state index in [2.05, 4.69) is 4.90 Å². The summed E-state index contributed by atoms with van der Waals surface area (Å²) >= 11 is 0.976. The maximum Gasteiger partial charge on any atom is 0.207 e. The molecule has 0 amide bonds. The molecule has 8 heteroatoms. The first-order valence-electron chi connectivity index (χ1n) is 13.0. The second kappa shape index (κ2) is 11.3. The maximum absolute atomic E-state index is 14.9. The lowest BCUT2D eigenvalue weighted by Gasteiger charge is -2.16. The SMILES string of the molecule is Cc1cc(C)c(C(=O)c2sc3c(F)c(O)ccc3c2Oc2ccc(O[C@H]3CCN(CCCF)C3)cc2)c(C)c1. The maximum atomic E-state index is 14.9. The summed E-state index contributed by atoms with van der Waals surface area (Å²) in [6.45, 7) is 7.82. The standard InChI is InChI=1S/C31H31F2NO4S/c1-18-15-19(2)26(20(3)16-18)28(36)31-29(24-9-10-25(35)27(33)30(24)39-31)38-22-7-5-21(6-8-22)37-23-11-14-34(17-23)13-4-12-32/h5-10,15-16,23,35H,4,11-14,17H2,1-3H3/t23-/m0/s1. The average Bonchev–Trinajstić information content (AvgIpc) is 3.50. The minimum atomic E-state index is -0.778. The highest BCUT2D eigenvalue weighted by Gasteiger charge is 2.27. The number of carbonyl (C=O) groups is 1. The monoisotopic (exact) mass is 551 g/mol. The molecule has 39 heavy (non-hydrogen) atoms. The van der Waals surface area contributed by atoms with Crippen LogP contribution < -0.4 is 9.47 Å². The van der Waals surface area contributed by atoms with Gasteiger partial charge in [0.25, 0.3) is 0 Å². The molecule has 1 aromatic heterocycles. The van der Waals surface area contributed by atoms with Crippen molar-refractivity contribution in [3.63, 3.8) is 0 Å². The molecule has 1 N–H and O–H groups in total. The number of nitrogens with zero attached hydrogens (tertiary/aromatic N) is 1. The van der Waals surface area contributed by atoms with Crippen molar-refractivity contribution in [2.75, 3.05) is 26.3 Å². The second-order valence-corrected chi connectivity index (χ2v) is 11.1. The number of alkyl halides is 1. The highest BCUT2D eigenvalue weighted by atomic mass is 32.1. The van der Waals surface area contributed by atoms with Crippen LogP contribution in [-0.2, 0) is 0 Å². The Balaban J connectivity index is 1.43. The number of hydrogen-bond donors (Lipinski definition) is 1. The van der Waals surface area contributed by atoms with Crippen molar-refractivity contribution in [3.05, 3.63) is 81.5 Å². The molecule has 2 heterocycles. The largest absolute Gasteiger partial charge is 0.505 e. The first-order valence-corrected chi connectivity index (χ1v) is 13.9. The predicted octanol–water partition coefficient (Wildman–Crippen LogP) is 7.51. The lowest BCUT2D eigenvalue weighted by molar-refractivity contribution is 0.103. The third-order valence-electron chi connectivity index (χ3n) is 7.03. The summed E-state index contributed by atoms with van der Waals surface area (Å²) < 4.78 is 39.9. The normalized spacial score (nSPS) is 15.7. The molecule has 3 aromatic carbocycles. The fourth-order valence-corrected chi connectivity index (χ4v) is 6.38. The summed E-state index contributed by atoms with van der Waals surface area (Å²) in [6.07, 6.45) is 1.46. The number of phenolic OH excluding ortho intramolecular Hbond substituents is 1. The molecule has 0 radical (unpaired) electrons. The fourth-order valence-electron chi connectivity index (χ4n) is 5.27. The number of ketones is 1. The number of aryl methyl sites for hydroxylation is 3. The van der Waals surface area contributed by atoms with Crippen molar-refractivity contribution in [2.24, 2.45) is 0 Å². The van der Waals surface area contributed by atoms with E-state index in [0.29, 0.717) is 28.9 Å². The number of thiophene rings is 1. The predicted molar refractivity (Wildman–Crippen MR) is 150 cm³/mol. The molecular weight excluding hydrogens is 520 g/mol. The van der Waals surface area contributed by atoms with Crippen LogP contribution in [0.4, 0.5) is 8.78 Å². The van der Waals surface area contributed by atoms with E-state index >= 15 is 0 Å². The van der Waals surface area contributed by atoms with E-state index in [1.807, 2.05) is 32.9 Å². The lowest BCUT2D eigenvalue weighted by atomic mass is 9.95. The van der Waals surface area contributed by atoms with Gasteiger partial charge in [0.15, 0.2) is 17.3 Å². The molecule has 1 saturated heterocycles. The van der Waals surface area contributed by atoms with Gasteiger partial charge in [-0.25, -0.2) is 4.39 Å². The van der Waals surface area contributed by atoms with Gasteiger partial charge in [-0.1, -0.05) is 17.7 Å². The molecule has 1 atom stereocenters. The Bertz CT molecular complexity index is 1490. The molecule has 0 aliphatic carbocycles. The smallest absolute Gasteiger partial charge is 0.207 e. The van der Waals surface area contributed by atoms with E-state index in [1.54, 1.807) is 30.3 Å². The molecule has 204 valence electrons. The van der Waals surface area contributed by atoms with Crippen LogP contribution in [0.2, 0.25) is 0 Å². The van der Waals surface area contributed by atoms with Crippen LogP contribution in [0.5, 0.6) is 23.0 Å². The van der Waals surface area contributed by atoms with Crippen LogP contribution in [0.15, 0.2) is 48.5 Å². The number of halogens is 2. The van der Waals surface area contributed by atoms with Gasteiger partial charge in [-0.2, -0.15) is 0 Å². The topological polar surface area (TPSA) is 59.0 Å². The van der Waals surface area contributed by atoms with E-state index in [0.717, 1.165) is 54.1 Å². The van der Waals surface area contributed by atoms with Crippen molar-refractivity contribution in [1.82, 2.24) is 4.90 Å². The minimum Gasteiger partial charge on any atom is -0.505 e. The van der Waals surface area contributed by atoms with Gasteiger partial charge in [0.05, 0.1) is 11.4 Å². The average molecular weight is 552 g/mol.